The van der Waals surface area contributed by atoms with E-state index in [1.165, 1.54) is 44.3 Å². The Bertz CT molecular complexity index is 231. The van der Waals surface area contributed by atoms with Crippen molar-refractivity contribution in [2.45, 2.75) is 76.6 Å². The van der Waals surface area contributed by atoms with Crippen molar-refractivity contribution in [3.05, 3.63) is 0 Å². The standard InChI is InChI=1S/C15H29NS/c1-4-17-14-8-7-13(10-14)16-15-9-11(2)5-6-12(15)3/h11-16H,4-10H2,1-3H3. The molecule has 1 nitrogen and oxygen atoms in total. The SMILES string of the molecule is CCSC1CCC(NC2CC(C)CCC2C)C1. The van der Waals surface area contributed by atoms with Crippen LogP contribution in [0, 0.1) is 11.8 Å². The van der Waals surface area contributed by atoms with Crippen LogP contribution in [0.3, 0.4) is 0 Å². The molecular weight excluding hydrogens is 226 g/mol. The van der Waals surface area contributed by atoms with Crippen LogP contribution < -0.4 is 5.32 Å². The van der Waals surface area contributed by atoms with E-state index in [4.69, 9.17) is 0 Å². The largest absolute Gasteiger partial charge is 0.311 e. The van der Waals surface area contributed by atoms with Gasteiger partial charge in [0.2, 0.25) is 0 Å². The summed E-state index contributed by atoms with van der Waals surface area (Å²) in [6.45, 7) is 7.15. The molecule has 0 bridgehead atoms. The fourth-order valence-electron chi connectivity index (χ4n) is 3.55. The van der Waals surface area contributed by atoms with Gasteiger partial charge in [-0.15, -0.1) is 0 Å². The van der Waals surface area contributed by atoms with Crippen molar-refractivity contribution >= 4 is 11.8 Å². The van der Waals surface area contributed by atoms with Crippen LogP contribution in [0.25, 0.3) is 0 Å². The molecule has 17 heavy (non-hydrogen) atoms. The normalized spacial score (nSPS) is 42.9. The molecule has 5 atom stereocenters. The third kappa shape index (κ3) is 3.89. The fourth-order valence-corrected chi connectivity index (χ4v) is 4.69. The summed E-state index contributed by atoms with van der Waals surface area (Å²) in [4.78, 5) is 0. The average molecular weight is 255 g/mol. The average Bonchev–Trinajstić information content (AvgIpc) is 2.72. The van der Waals surface area contributed by atoms with E-state index in [1.807, 2.05) is 0 Å². The fraction of sp³-hybridized carbons (Fsp3) is 1.00. The molecule has 0 aliphatic heterocycles. The molecule has 0 heterocycles. The Morgan fingerprint density at radius 3 is 2.65 bits per heavy atom. The topological polar surface area (TPSA) is 12.0 Å². The lowest BCUT2D eigenvalue weighted by Crippen LogP contribution is -2.44. The summed E-state index contributed by atoms with van der Waals surface area (Å²) >= 11 is 2.17. The van der Waals surface area contributed by atoms with Gasteiger partial charge >= 0.3 is 0 Å². The van der Waals surface area contributed by atoms with Gasteiger partial charge in [0, 0.05) is 17.3 Å². The second-order valence-corrected chi connectivity index (χ2v) is 7.83. The first kappa shape index (κ1) is 13.7. The van der Waals surface area contributed by atoms with Gasteiger partial charge in [-0.05, 0) is 49.7 Å². The summed E-state index contributed by atoms with van der Waals surface area (Å²) in [7, 11) is 0. The zero-order valence-electron chi connectivity index (χ0n) is 11.7. The predicted octanol–water partition coefficient (Wildman–Crippen LogP) is 4.07. The first-order valence-electron chi connectivity index (χ1n) is 7.56. The quantitative estimate of drug-likeness (QED) is 0.812. The van der Waals surface area contributed by atoms with Crippen LogP contribution in [-0.2, 0) is 0 Å². The van der Waals surface area contributed by atoms with Crippen molar-refractivity contribution in [1.29, 1.82) is 0 Å². The molecule has 100 valence electrons. The van der Waals surface area contributed by atoms with E-state index in [0.29, 0.717) is 0 Å². The minimum Gasteiger partial charge on any atom is -0.311 e. The van der Waals surface area contributed by atoms with E-state index >= 15 is 0 Å². The zero-order valence-corrected chi connectivity index (χ0v) is 12.6. The summed E-state index contributed by atoms with van der Waals surface area (Å²) in [5.41, 5.74) is 0. The Kier molecular flexibility index (Phi) is 5.23. The van der Waals surface area contributed by atoms with E-state index in [9.17, 15) is 0 Å². The smallest absolute Gasteiger partial charge is 0.00978 e. The maximum Gasteiger partial charge on any atom is 0.00978 e. The van der Waals surface area contributed by atoms with Crippen LogP contribution in [-0.4, -0.2) is 23.1 Å². The summed E-state index contributed by atoms with van der Waals surface area (Å²) in [5.74, 6) is 3.11. The van der Waals surface area contributed by atoms with Gasteiger partial charge in [-0.25, -0.2) is 0 Å². The molecule has 2 rings (SSSR count). The molecule has 2 aliphatic carbocycles. The summed E-state index contributed by atoms with van der Waals surface area (Å²) in [5, 5.41) is 4.91. The molecule has 2 heteroatoms. The maximum atomic E-state index is 3.97. The predicted molar refractivity (Wildman–Crippen MR) is 78.7 cm³/mol. The highest BCUT2D eigenvalue weighted by Gasteiger charge is 2.30. The maximum absolute atomic E-state index is 3.97. The highest BCUT2D eigenvalue weighted by molar-refractivity contribution is 7.99. The molecule has 1 N–H and O–H groups in total. The highest BCUT2D eigenvalue weighted by atomic mass is 32.2. The van der Waals surface area contributed by atoms with Gasteiger partial charge < -0.3 is 5.32 Å². The monoisotopic (exact) mass is 255 g/mol. The Balaban J connectivity index is 1.76. The first-order chi connectivity index (χ1) is 8.19. The van der Waals surface area contributed by atoms with Crippen LogP contribution in [0.4, 0.5) is 0 Å². The number of thioether (sulfide) groups is 1. The molecule has 2 saturated carbocycles. The van der Waals surface area contributed by atoms with Crippen molar-refractivity contribution in [3.63, 3.8) is 0 Å². The summed E-state index contributed by atoms with van der Waals surface area (Å²) in [6, 6.07) is 1.62. The Hall–Kier alpha value is 0.310. The lowest BCUT2D eigenvalue weighted by atomic mass is 9.80. The third-order valence-electron chi connectivity index (χ3n) is 4.69. The molecule has 5 unspecified atom stereocenters. The van der Waals surface area contributed by atoms with Crippen LogP contribution in [0.1, 0.15) is 59.3 Å². The van der Waals surface area contributed by atoms with Crippen LogP contribution >= 0.6 is 11.8 Å². The molecule has 0 saturated heterocycles. The van der Waals surface area contributed by atoms with E-state index in [2.05, 4.69) is 37.8 Å². The Morgan fingerprint density at radius 2 is 1.88 bits per heavy atom. The van der Waals surface area contributed by atoms with Gasteiger partial charge in [-0.2, -0.15) is 11.8 Å². The Morgan fingerprint density at radius 1 is 1.06 bits per heavy atom. The lowest BCUT2D eigenvalue weighted by Gasteiger charge is -2.35. The molecule has 0 aromatic rings. The molecular formula is C15H29NS. The van der Waals surface area contributed by atoms with Gasteiger partial charge in [0.05, 0.1) is 0 Å². The van der Waals surface area contributed by atoms with Crippen LogP contribution in [0.15, 0.2) is 0 Å². The van der Waals surface area contributed by atoms with Crippen molar-refractivity contribution in [2.24, 2.45) is 11.8 Å². The number of hydrogen-bond donors (Lipinski definition) is 1. The third-order valence-corrected chi connectivity index (χ3v) is 5.93. The summed E-state index contributed by atoms with van der Waals surface area (Å²) < 4.78 is 0. The zero-order chi connectivity index (χ0) is 12.3. The number of hydrogen-bond acceptors (Lipinski definition) is 2. The second-order valence-electron chi connectivity index (χ2n) is 6.26. The van der Waals surface area contributed by atoms with Gasteiger partial charge in [-0.1, -0.05) is 27.2 Å². The minimum atomic E-state index is 0.800. The molecule has 2 fully saturated rings. The van der Waals surface area contributed by atoms with Gasteiger partial charge in [0.15, 0.2) is 0 Å². The molecule has 0 radical (unpaired) electrons. The molecule has 0 aromatic heterocycles. The number of rotatable bonds is 4. The van der Waals surface area contributed by atoms with Crippen molar-refractivity contribution in [3.8, 4) is 0 Å². The highest BCUT2D eigenvalue weighted by Crippen LogP contribution is 2.33. The van der Waals surface area contributed by atoms with Crippen molar-refractivity contribution < 1.29 is 0 Å². The molecule has 2 aliphatic rings. The number of nitrogens with one attached hydrogen (secondary N) is 1. The van der Waals surface area contributed by atoms with Gasteiger partial charge in [0.25, 0.3) is 0 Å². The minimum absolute atomic E-state index is 0.800. The lowest BCUT2D eigenvalue weighted by molar-refractivity contribution is 0.213. The molecule has 0 amide bonds. The van der Waals surface area contributed by atoms with Gasteiger partial charge in [-0.3, -0.25) is 0 Å². The van der Waals surface area contributed by atoms with Gasteiger partial charge in [0.1, 0.15) is 0 Å². The second kappa shape index (κ2) is 6.47. The molecule has 0 spiro atoms. The molecule has 0 aromatic carbocycles. The van der Waals surface area contributed by atoms with E-state index < -0.39 is 0 Å². The van der Waals surface area contributed by atoms with Crippen LogP contribution in [0.5, 0.6) is 0 Å². The Labute approximate surface area is 112 Å². The first-order valence-corrected chi connectivity index (χ1v) is 8.61. The van der Waals surface area contributed by atoms with Crippen molar-refractivity contribution in [2.75, 3.05) is 5.75 Å². The van der Waals surface area contributed by atoms with Crippen LogP contribution in [0.2, 0.25) is 0 Å². The summed E-state index contributed by atoms with van der Waals surface area (Å²) in [6.07, 6.45) is 8.54. The van der Waals surface area contributed by atoms with Crippen molar-refractivity contribution in [1.82, 2.24) is 5.32 Å². The van der Waals surface area contributed by atoms with E-state index in [-0.39, 0.29) is 0 Å². The van der Waals surface area contributed by atoms with E-state index in [0.717, 1.165) is 29.2 Å². The van der Waals surface area contributed by atoms with E-state index in [1.54, 1.807) is 0 Å².